The van der Waals surface area contributed by atoms with E-state index < -0.39 is 16.1 Å². The van der Waals surface area contributed by atoms with Crippen LogP contribution in [-0.2, 0) is 0 Å². The highest BCUT2D eigenvalue weighted by Gasteiger charge is 2.55. The van der Waals surface area contributed by atoms with Crippen LogP contribution in [0.3, 0.4) is 0 Å². The van der Waals surface area contributed by atoms with E-state index in [1.54, 1.807) is 0 Å². The fourth-order valence-corrected chi connectivity index (χ4v) is 11.1. The maximum atomic E-state index is 6.33. The predicted molar refractivity (Wildman–Crippen MR) is 96.0 cm³/mol. The number of hydrogen-bond acceptors (Lipinski definition) is 0. The second-order valence-corrected chi connectivity index (χ2v) is 20.1. The van der Waals surface area contributed by atoms with Crippen LogP contribution in [-0.4, -0.2) is 26.9 Å². The van der Waals surface area contributed by atoms with Crippen LogP contribution in [0.25, 0.3) is 0 Å². The van der Waals surface area contributed by atoms with Crippen molar-refractivity contribution >= 4 is 39.3 Å². The summed E-state index contributed by atoms with van der Waals surface area (Å²) in [4.78, 5) is 0. The highest BCUT2D eigenvalue weighted by atomic mass is 35.5. The van der Waals surface area contributed by atoms with Crippen molar-refractivity contribution in [2.24, 2.45) is 11.8 Å². The Kier molecular flexibility index (Phi) is 4.46. The van der Waals surface area contributed by atoms with Gasteiger partial charge in [0.25, 0.3) is 0 Å². The van der Waals surface area contributed by atoms with Gasteiger partial charge in [0.05, 0.1) is 16.1 Å². The molecule has 0 aromatic carbocycles. The van der Waals surface area contributed by atoms with Crippen LogP contribution in [0.5, 0.6) is 0 Å². The van der Waals surface area contributed by atoms with Gasteiger partial charge in [0.1, 0.15) is 0 Å². The fourth-order valence-electron chi connectivity index (χ4n) is 3.16. The van der Waals surface area contributed by atoms with Crippen molar-refractivity contribution in [3.63, 3.8) is 0 Å². The summed E-state index contributed by atoms with van der Waals surface area (Å²) in [6, 6.07) is 0. The van der Waals surface area contributed by atoms with Gasteiger partial charge in [-0.25, -0.2) is 0 Å². The molecule has 2 saturated carbocycles. The van der Waals surface area contributed by atoms with Gasteiger partial charge in [0.2, 0.25) is 0 Å². The first-order valence-electron chi connectivity index (χ1n) is 7.34. The lowest BCUT2D eigenvalue weighted by molar-refractivity contribution is 1.15. The van der Waals surface area contributed by atoms with Crippen molar-refractivity contribution in [1.29, 1.82) is 0 Å². The van der Waals surface area contributed by atoms with Crippen LogP contribution in [0.4, 0.5) is 0 Å². The Morgan fingerprint density at radius 1 is 0.650 bits per heavy atom. The van der Waals surface area contributed by atoms with Crippen molar-refractivity contribution in [2.75, 3.05) is 0 Å². The van der Waals surface area contributed by atoms with Gasteiger partial charge < -0.3 is 0 Å². The molecule has 0 amide bonds. The first kappa shape index (κ1) is 16.5. The summed E-state index contributed by atoms with van der Waals surface area (Å²) in [5, 5.41) is 0.514. The van der Waals surface area contributed by atoms with Gasteiger partial charge in [-0.15, -0.1) is 23.2 Å². The first-order valence-corrected chi connectivity index (χ1v) is 15.4. The van der Waals surface area contributed by atoms with Crippen LogP contribution < -0.4 is 0 Å². The number of halogens is 2. The van der Waals surface area contributed by atoms with E-state index in [0.29, 0.717) is 22.9 Å². The Morgan fingerprint density at radius 3 is 1.15 bits per heavy atom. The molecule has 0 spiro atoms. The van der Waals surface area contributed by atoms with Gasteiger partial charge >= 0.3 is 0 Å². The molecule has 0 aromatic rings. The SMILES string of the molecule is C[Si](C)(C)[C@@H]1C(Cl)C1C#CC#C[C@@H]1C(Cl)[C@H]1[Si](C)(C)C. The molecule has 0 aliphatic heterocycles. The largest absolute Gasteiger partial charge is 0.122 e. The average Bonchev–Trinajstić information content (AvgIpc) is 3.08. The van der Waals surface area contributed by atoms with Gasteiger partial charge in [0.15, 0.2) is 0 Å². The number of alkyl halides is 2. The lowest BCUT2D eigenvalue weighted by atomic mass is 10.4. The monoisotopic (exact) mass is 342 g/mol. The minimum absolute atomic E-state index is 0.257. The van der Waals surface area contributed by atoms with E-state index in [2.05, 4.69) is 63.0 Å². The zero-order valence-electron chi connectivity index (χ0n) is 13.2. The zero-order valence-corrected chi connectivity index (χ0v) is 16.7. The molecular formula is C16H24Cl2Si2. The van der Waals surface area contributed by atoms with E-state index in [1.807, 2.05) is 0 Å². The van der Waals surface area contributed by atoms with Crippen LogP contribution in [0, 0.1) is 35.5 Å². The lowest BCUT2D eigenvalue weighted by Gasteiger charge is -2.13. The fraction of sp³-hybridized carbons (Fsp3) is 0.750. The van der Waals surface area contributed by atoms with Gasteiger partial charge in [-0.05, 0) is 22.9 Å². The second-order valence-electron chi connectivity index (χ2n) is 8.26. The van der Waals surface area contributed by atoms with Crippen LogP contribution in [0.1, 0.15) is 0 Å². The molecule has 3 unspecified atom stereocenters. The summed E-state index contributed by atoms with van der Waals surface area (Å²) in [5.41, 5.74) is 1.27. The molecule has 0 radical (unpaired) electrons. The Labute approximate surface area is 136 Å². The van der Waals surface area contributed by atoms with Crippen LogP contribution in [0.2, 0.25) is 50.4 Å². The zero-order chi connectivity index (χ0) is 15.3. The smallest absolute Gasteiger partial charge is 0.0506 e. The molecule has 2 fully saturated rings. The molecule has 6 atom stereocenters. The van der Waals surface area contributed by atoms with Crippen molar-refractivity contribution in [3.8, 4) is 23.7 Å². The summed E-state index contributed by atoms with van der Waals surface area (Å²) < 4.78 is 0. The molecule has 110 valence electrons. The molecule has 0 bridgehead atoms. The molecule has 4 heteroatoms. The molecule has 0 heterocycles. The third kappa shape index (κ3) is 3.48. The molecule has 0 saturated heterocycles. The van der Waals surface area contributed by atoms with E-state index in [0.717, 1.165) is 0 Å². The van der Waals surface area contributed by atoms with E-state index in [1.165, 1.54) is 0 Å². The molecule has 2 aliphatic carbocycles. The average molecular weight is 343 g/mol. The summed E-state index contributed by atoms with van der Waals surface area (Å²) in [6.45, 7) is 14.2. The summed E-state index contributed by atoms with van der Waals surface area (Å²) >= 11 is 12.7. The number of hydrogen-bond donors (Lipinski definition) is 0. The van der Waals surface area contributed by atoms with Crippen LogP contribution >= 0.6 is 23.2 Å². The minimum atomic E-state index is -1.16. The van der Waals surface area contributed by atoms with Crippen molar-refractivity contribution in [1.82, 2.24) is 0 Å². The van der Waals surface area contributed by atoms with Gasteiger partial charge in [-0.3, -0.25) is 0 Å². The third-order valence-electron chi connectivity index (χ3n) is 4.40. The van der Waals surface area contributed by atoms with Crippen molar-refractivity contribution in [2.45, 2.75) is 61.1 Å². The predicted octanol–water partition coefficient (Wildman–Crippen LogP) is 4.88. The molecule has 2 aliphatic rings. The topological polar surface area (TPSA) is 0 Å². The van der Waals surface area contributed by atoms with E-state index >= 15 is 0 Å². The molecule has 0 N–H and O–H groups in total. The Morgan fingerprint density at radius 2 is 0.950 bits per heavy atom. The Hall–Kier alpha value is 0.134. The standard InChI is InChI=1S/C16H24Cl2Si2/c1-19(2,3)15-11(13(15)17)9-7-8-10-12-14(18)16(12)20(4,5)6/h11-16H,1-6H3/t11-,12?,13?,14?,15+,16+/m1/s1. The number of rotatable bonds is 2. The molecule has 0 nitrogen and oxygen atoms in total. The van der Waals surface area contributed by atoms with Crippen LogP contribution in [0.15, 0.2) is 0 Å². The second kappa shape index (κ2) is 5.40. The molecule has 0 aromatic heterocycles. The molecule has 20 heavy (non-hydrogen) atoms. The Bertz CT molecular complexity index is 459. The van der Waals surface area contributed by atoms with E-state index in [-0.39, 0.29) is 10.8 Å². The van der Waals surface area contributed by atoms with Crippen molar-refractivity contribution < 1.29 is 0 Å². The maximum Gasteiger partial charge on any atom is 0.0506 e. The van der Waals surface area contributed by atoms with Crippen molar-refractivity contribution in [3.05, 3.63) is 0 Å². The highest BCUT2D eigenvalue weighted by molar-refractivity contribution is 6.80. The quantitative estimate of drug-likeness (QED) is 0.381. The van der Waals surface area contributed by atoms with Gasteiger partial charge in [-0.1, -0.05) is 51.1 Å². The summed E-state index contributed by atoms with van der Waals surface area (Å²) in [7, 11) is -2.33. The Balaban J connectivity index is 1.91. The van der Waals surface area contributed by atoms with E-state index in [9.17, 15) is 0 Å². The normalized spacial score (nSPS) is 39.2. The lowest BCUT2D eigenvalue weighted by Crippen LogP contribution is -2.21. The summed E-state index contributed by atoms with van der Waals surface area (Å²) in [5.74, 6) is 13.3. The van der Waals surface area contributed by atoms with Gasteiger partial charge in [-0.2, -0.15) is 0 Å². The van der Waals surface area contributed by atoms with Gasteiger partial charge in [0, 0.05) is 22.6 Å². The van der Waals surface area contributed by atoms with E-state index in [4.69, 9.17) is 23.2 Å². The highest BCUT2D eigenvalue weighted by Crippen LogP contribution is 2.56. The molecule has 2 rings (SSSR count). The third-order valence-corrected chi connectivity index (χ3v) is 11.3. The first-order chi connectivity index (χ1) is 9.05. The maximum absolute atomic E-state index is 6.33. The minimum Gasteiger partial charge on any atom is -0.122 e. The molecular weight excluding hydrogens is 319 g/mol. The summed E-state index contributed by atoms with van der Waals surface area (Å²) in [6.07, 6.45) is 0.